The van der Waals surface area contributed by atoms with Crippen molar-refractivity contribution in [1.82, 2.24) is 14.9 Å². The van der Waals surface area contributed by atoms with E-state index in [0.717, 1.165) is 0 Å². The van der Waals surface area contributed by atoms with Gasteiger partial charge in [0, 0.05) is 25.2 Å². The number of halogens is 4. The average Bonchev–Trinajstić information content (AvgIpc) is 3.43. The van der Waals surface area contributed by atoms with Gasteiger partial charge in [-0.1, -0.05) is 0 Å². The molecule has 0 radical (unpaired) electrons. The maximum Gasteiger partial charge on any atom is 0.490 e. The van der Waals surface area contributed by atoms with Crippen molar-refractivity contribution in [3.63, 3.8) is 0 Å². The van der Waals surface area contributed by atoms with E-state index in [0.29, 0.717) is 26.3 Å². The van der Waals surface area contributed by atoms with Gasteiger partial charge < -0.3 is 23.9 Å². The number of carbonyl (C=O) groups excluding carboxylic acids is 1. The molecule has 0 spiro atoms. The van der Waals surface area contributed by atoms with Crippen LogP contribution in [0.1, 0.15) is 10.5 Å². The molecule has 2 saturated heterocycles. The van der Waals surface area contributed by atoms with Crippen LogP contribution in [-0.2, 0) is 9.53 Å². The molecule has 0 unspecified atom stereocenters. The van der Waals surface area contributed by atoms with Crippen molar-refractivity contribution in [3.8, 4) is 5.88 Å². The molecule has 4 heterocycles. The van der Waals surface area contributed by atoms with Crippen LogP contribution >= 0.6 is 0 Å². The summed E-state index contributed by atoms with van der Waals surface area (Å²) < 4.78 is 61.5. The number of amides is 1. The second-order valence-electron chi connectivity index (χ2n) is 7.02. The quantitative estimate of drug-likeness (QED) is 0.708. The summed E-state index contributed by atoms with van der Waals surface area (Å²) in [6, 6.07) is 2.81. The number of hydrogen-bond donors (Lipinski definition) is 1. The number of aliphatic carboxylic acids is 1. The van der Waals surface area contributed by atoms with Crippen molar-refractivity contribution in [1.29, 1.82) is 0 Å². The molecule has 2 aromatic rings. The molecule has 168 valence electrons. The number of aromatic nitrogens is 2. The zero-order chi connectivity index (χ0) is 22.6. The van der Waals surface area contributed by atoms with E-state index in [4.69, 9.17) is 23.8 Å². The first kappa shape index (κ1) is 22.5. The third-order valence-electron chi connectivity index (χ3n) is 4.92. The highest BCUT2D eigenvalue weighted by atomic mass is 19.4. The van der Waals surface area contributed by atoms with Crippen LogP contribution < -0.4 is 4.74 Å². The lowest BCUT2D eigenvalue weighted by Gasteiger charge is -2.26. The fourth-order valence-electron chi connectivity index (χ4n) is 3.36. The standard InChI is InChI=1S/C16H16FN3O4.C2HF3O2/c17-12-2-1-3-18-14(12)24-9-16-7-20(4-11(16)5-22-8-16)15(21)13-6-23-10-19-13;3-2(4,5)1(6)7/h1-3,6,10-11H,4-5,7-9H2;(H,6,7)/t11-,16+;/m1./s1. The molecule has 1 amide bonds. The van der Waals surface area contributed by atoms with Crippen LogP contribution in [-0.4, -0.2) is 70.9 Å². The molecule has 2 aliphatic heterocycles. The molecule has 2 aromatic heterocycles. The van der Waals surface area contributed by atoms with E-state index in [2.05, 4.69) is 9.97 Å². The predicted octanol–water partition coefficient (Wildman–Crippen LogP) is 2.01. The van der Waals surface area contributed by atoms with Crippen molar-refractivity contribution in [2.24, 2.45) is 11.3 Å². The fourth-order valence-corrected chi connectivity index (χ4v) is 3.36. The molecule has 4 rings (SSSR count). The molecule has 0 aromatic carbocycles. The number of rotatable bonds is 4. The number of pyridine rings is 1. The number of hydrogen-bond acceptors (Lipinski definition) is 7. The molecule has 2 atom stereocenters. The van der Waals surface area contributed by atoms with Gasteiger partial charge in [0.1, 0.15) is 6.26 Å². The lowest BCUT2D eigenvalue weighted by atomic mass is 9.82. The van der Waals surface area contributed by atoms with Crippen molar-refractivity contribution >= 4 is 11.9 Å². The summed E-state index contributed by atoms with van der Waals surface area (Å²) in [6.07, 6.45) is -1.04. The first-order valence-electron chi connectivity index (χ1n) is 8.91. The normalized spacial score (nSPS) is 22.5. The maximum absolute atomic E-state index is 13.7. The summed E-state index contributed by atoms with van der Waals surface area (Å²) in [6.45, 7) is 2.29. The largest absolute Gasteiger partial charge is 0.490 e. The van der Waals surface area contributed by atoms with Gasteiger partial charge in [-0.15, -0.1) is 0 Å². The van der Waals surface area contributed by atoms with E-state index >= 15 is 0 Å². The first-order valence-corrected chi connectivity index (χ1v) is 8.91. The second-order valence-corrected chi connectivity index (χ2v) is 7.02. The number of oxazole rings is 1. The number of likely N-dealkylation sites (tertiary alicyclic amines) is 1. The van der Waals surface area contributed by atoms with Gasteiger partial charge in [0.2, 0.25) is 5.88 Å². The summed E-state index contributed by atoms with van der Waals surface area (Å²) in [5, 5.41) is 7.12. The number of alkyl halides is 3. The molecular formula is C18H17F4N3O6. The van der Waals surface area contributed by atoms with Crippen LogP contribution in [0.3, 0.4) is 0 Å². The van der Waals surface area contributed by atoms with Crippen LogP contribution in [0.2, 0.25) is 0 Å². The number of carboxylic acid groups (broad SMARTS) is 1. The predicted molar refractivity (Wildman–Crippen MR) is 92.5 cm³/mol. The van der Waals surface area contributed by atoms with Gasteiger partial charge in [0.15, 0.2) is 17.9 Å². The lowest BCUT2D eigenvalue weighted by Crippen LogP contribution is -2.38. The number of carboxylic acids is 1. The average molecular weight is 447 g/mol. The Morgan fingerprint density at radius 3 is 2.71 bits per heavy atom. The highest BCUT2D eigenvalue weighted by Crippen LogP contribution is 2.42. The fraction of sp³-hybridized carbons (Fsp3) is 0.444. The van der Waals surface area contributed by atoms with Crippen molar-refractivity contribution in [3.05, 3.63) is 42.5 Å². The van der Waals surface area contributed by atoms with Crippen LogP contribution in [0.25, 0.3) is 0 Å². The summed E-state index contributed by atoms with van der Waals surface area (Å²) >= 11 is 0. The zero-order valence-electron chi connectivity index (χ0n) is 15.8. The molecule has 0 bridgehead atoms. The minimum Gasteiger partial charge on any atom is -0.475 e. The van der Waals surface area contributed by atoms with Gasteiger partial charge in [0.05, 0.1) is 25.2 Å². The van der Waals surface area contributed by atoms with E-state index in [1.807, 2.05) is 0 Å². The molecule has 2 fully saturated rings. The van der Waals surface area contributed by atoms with Gasteiger partial charge in [-0.05, 0) is 12.1 Å². The van der Waals surface area contributed by atoms with Gasteiger partial charge >= 0.3 is 12.1 Å². The van der Waals surface area contributed by atoms with E-state index in [1.165, 1.54) is 31.0 Å². The Hall–Kier alpha value is -3.22. The maximum atomic E-state index is 13.7. The van der Waals surface area contributed by atoms with Crippen LogP contribution in [0.15, 0.2) is 35.4 Å². The molecule has 0 saturated carbocycles. The minimum atomic E-state index is -5.08. The zero-order valence-corrected chi connectivity index (χ0v) is 15.8. The van der Waals surface area contributed by atoms with Gasteiger partial charge in [-0.3, -0.25) is 4.79 Å². The molecule has 2 aliphatic rings. The molecule has 0 aliphatic carbocycles. The number of carbonyl (C=O) groups is 2. The van der Waals surface area contributed by atoms with Crippen molar-refractivity contribution in [2.45, 2.75) is 6.18 Å². The highest BCUT2D eigenvalue weighted by Gasteiger charge is 2.53. The monoisotopic (exact) mass is 447 g/mol. The summed E-state index contributed by atoms with van der Waals surface area (Å²) in [7, 11) is 0. The lowest BCUT2D eigenvalue weighted by molar-refractivity contribution is -0.192. The Kier molecular flexibility index (Phi) is 6.43. The third kappa shape index (κ3) is 5.10. The Balaban J connectivity index is 0.000000339. The van der Waals surface area contributed by atoms with Crippen LogP contribution in [0, 0.1) is 17.2 Å². The summed E-state index contributed by atoms with van der Waals surface area (Å²) in [5.41, 5.74) is -0.0775. The van der Waals surface area contributed by atoms with Crippen molar-refractivity contribution < 1.29 is 46.1 Å². The second kappa shape index (κ2) is 8.88. The Labute approximate surface area is 172 Å². The SMILES string of the molecule is O=C(O)C(F)(F)F.O=C(c1cocn1)N1C[C@@H]2COC[C@]2(COc2ncccc2F)C1. The Morgan fingerprint density at radius 1 is 1.35 bits per heavy atom. The van der Waals surface area contributed by atoms with Gasteiger partial charge in [-0.2, -0.15) is 13.2 Å². The number of fused-ring (bicyclic) bond motifs is 1. The van der Waals surface area contributed by atoms with E-state index < -0.39 is 18.0 Å². The molecular weight excluding hydrogens is 430 g/mol. The summed E-state index contributed by atoms with van der Waals surface area (Å²) in [4.78, 5) is 30.9. The third-order valence-corrected chi connectivity index (χ3v) is 4.92. The minimum absolute atomic E-state index is 0.0289. The van der Waals surface area contributed by atoms with Gasteiger partial charge in [0.25, 0.3) is 5.91 Å². The Bertz CT molecular complexity index is 923. The topological polar surface area (TPSA) is 115 Å². The molecule has 13 heteroatoms. The molecule has 9 nitrogen and oxygen atoms in total. The first-order chi connectivity index (χ1) is 14.6. The van der Waals surface area contributed by atoms with Gasteiger partial charge in [-0.25, -0.2) is 19.2 Å². The smallest absolute Gasteiger partial charge is 0.475 e. The Morgan fingerprint density at radius 2 is 2.10 bits per heavy atom. The van der Waals surface area contributed by atoms with Crippen LogP contribution in [0.5, 0.6) is 5.88 Å². The summed E-state index contributed by atoms with van der Waals surface area (Å²) in [5.74, 6) is -3.33. The highest BCUT2D eigenvalue weighted by molar-refractivity contribution is 5.92. The van der Waals surface area contributed by atoms with Crippen LogP contribution in [0.4, 0.5) is 17.6 Å². The number of ether oxygens (including phenoxy) is 2. The van der Waals surface area contributed by atoms with E-state index in [-0.39, 0.29) is 35.4 Å². The van der Waals surface area contributed by atoms with E-state index in [9.17, 15) is 22.4 Å². The van der Waals surface area contributed by atoms with Crippen molar-refractivity contribution in [2.75, 3.05) is 32.9 Å². The number of nitrogens with zero attached hydrogens (tertiary/aromatic N) is 3. The molecule has 31 heavy (non-hydrogen) atoms. The molecule has 1 N–H and O–H groups in total. The van der Waals surface area contributed by atoms with E-state index in [1.54, 1.807) is 4.90 Å².